The lowest BCUT2D eigenvalue weighted by atomic mass is 10.1. The van der Waals surface area contributed by atoms with Gasteiger partial charge >= 0.3 is 0 Å². The third kappa shape index (κ3) is 3.36. The predicted octanol–water partition coefficient (Wildman–Crippen LogP) is 1.98. The van der Waals surface area contributed by atoms with Crippen LogP contribution in [-0.2, 0) is 9.84 Å². The number of carbonyl (C=O) groups is 1. The van der Waals surface area contributed by atoms with Crippen molar-refractivity contribution in [1.82, 2.24) is 5.32 Å². The topological polar surface area (TPSA) is 63.2 Å². The summed E-state index contributed by atoms with van der Waals surface area (Å²) in [5.41, 5.74) is 2.55. The average molecular weight is 346 g/mol. The van der Waals surface area contributed by atoms with Crippen molar-refractivity contribution in [3.8, 4) is 0 Å². The fourth-order valence-electron chi connectivity index (χ4n) is 2.29. The Hall–Kier alpha value is -0.880. The maximum absolute atomic E-state index is 12.2. The number of rotatable bonds is 2. The third-order valence-electron chi connectivity index (χ3n) is 3.21. The molecule has 1 aliphatic heterocycles. The minimum Gasteiger partial charge on any atom is -0.348 e. The van der Waals surface area contributed by atoms with Gasteiger partial charge in [0, 0.05) is 10.5 Å². The van der Waals surface area contributed by atoms with Gasteiger partial charge in [-0.2, -0.15) is 0 Å². The minimum atomic E-state index is -2.98. The van der Waals surface area contributed by atoms with Gasteiger partial charge in [-0.25, -0.2) is 8.42 Å². The Morgan fingerprint density at radius 1 is 1.37 bits per heavy atom. The molecule has 0 radical (unpaired) electrons. The molecule has 1 atom stereocenters. The highest BCUT2D eigenvalue weighted by molar-refractivity contribution is 9.10. The van der Waals surface area contributed by atoms with Crippen molar-refractivity contribution in [3.63, 3.8) is 0 Å². The Morgan fingerprint density at radius 2 is 2.05 bits per heavy atom. The highest BCUT2D eigenvalue weighted by Gasteiger charge is 2.29. The molecule has 19 heavy (non-hydrogen) atoms. The number of hydrogen-bond donors (Lipinski definition) is 1. The van der Waals surface area contributed by atoms with Crippen LogP contribution in [0.1, 0.15) is 27.9 Å². The zero-order valence-electron chi connectivity index (χ0n) is 10.9. The molecule has 104 valence electrons. The number of benzene rings is 1. The molecule has 0 bridgehead atoms. The quantitative estimate of drug-likeness (QED) is 0.891. The first-order valence-electron chi connectivity index (χ1n) is 6.06. The summed E-state index contributed by atoms with van der Waals surface area (Å²) in [5, 5.41) is 2.80. The number of hydrogen-bond acceptors (Lipinski definition) is 3. The second-order valence-electron chi connectivity index (χ2n) is 5.02. The molecule has 4 nitrogen and oxygen atoms in total. The normalized spacial score (nSPS) is 21.3. The summed E-state index contributed by atoms with van der Waals surface area (Å²) in [7, 11) is -2.98. The minimum absolute atomic E-state index is 0.0428. The van der Waals surface area contributed by atoms with E-state index < -0.39 is 9.84 Å². The van der Waals surface area contributed by atoms with Crippen molar-refractivity contribution >= 4 is 31.7 Å². The number of aryl methyl sites for hydroxylation is 2. The fourth-order valence-corrected chi connectivity index (χ4v) is 4.37. The van der Waals surface area contributed by atoms with Crippen LogP contribution in [0, 0.1) is 13.8 Å². The Balaban J connectivity index is 2.17. The summed E-state index contributed by atoms with van der Waals surface area (Å²) in [6.45, 7) is 3.85. The van der Waals surface area contributed by atoms with Crippen LogP contribution in [0.5, 0.6) is 0 Å². The Kier molecular flexibility index (Phi) is 4.01. The molecule has 1 N–H and O–H groups in total. The van der Waals surface area contributed by atoms with Crippen LogP contribution >= 0.6 is 15.9 Å². The van der Waals surface area contributed by atoms with Gasteiger partial charge in [-0.3, -0.25) is 4.79 Å². The lowest BCUT2D eigenvalue weighted by Gasteiger charge is -2.13. The zero-order valence-corrected chi connectivity index (χ0v) is 13.3. The van der Waals surface area contributed by atoms with E-state index in [9.17, 15) is 13.2 Å². The zero-order chi connectivity index (χ0) is 14.2. The van der Waals surface area contributed by atoms with Gasteiger partial charge in [-0.15, -0.1) is 0 Å². The molecule has 1 heterocycles. The summed E-state index contributed by atoms with van der Waals surface area (Å²) in [5.74, 6) is -0.0200. The molecule has 0 aliphatic carbocycles. The Bertz CT molecular complexity index is 625. The van der Waals surface area contributed by atoms with Crippen LogP contribution in [0.25, 0.3) is 0 Å². The van der Waals surface area contributed by atoms with Gasteiger partial charge in [-0.1, -0.05) is 6.07 Å². The molecule has 0 spiro atoms. The van der Waals surface area contributed by atoms with Gasteiger partial charge in [0.1, 0.15) is 0 Å². The number of amides is 1. The van der Waals surface area contributed by atoms with Crippen LogP contribution in [-0.4, -0.2) is 31.9 Å². The number of halogens is 1. The number of nitrogens with one attached hydrogen (secondary N) is 1. The molecule has 1 fully saturated rings. The van der Waals surface area contributed by atoms with E-state index in [1.165, 1.54) is 0 Å². The monoisotopic (exact) mass is 345 g/mol. The molecule has 2 rings (SSSR count). The van der Waals surface area contributed by atoms with Crippen molar-refractivity contribution in [2.24, 2.45) is 0 Å². The molecule has 0 saturated carbocycles. The molecule has 6 heteroatoms. The molecule has 1 aromatic carbocycles. The maximum Gasteiger partial charge on any atom is 0.252 e. The summed E-state index contributed by atoms with van der Waals surface area (Å²) in [6.07, 6.45) is 0.497. The molecule has 1 aliphatic rings. The highest BCUT2D eigenvalue weighted by atomic mass is 79.9. The number of carbonyl (C=O) groups excluding carboxylic acids is 1. The van der Waals surface area contributed by atoms with Crippen molar-refractivity contribution in [1.29, 1.82) is 0 Å². The molecule has 1 aromatic rings. The summed E-state index contributed by atoms with van der Waals surface area (Å²) < 4.78 is 23.5. The molecular formula is C13H16BrNO3S. The molecule has 1 amide bonds. The van der Waals surface area contributed by atoms with Gasteiger partial charge in [0.25, 0.3) is 5.91 Å². The van der Waals surface area contributed by atoms with Gasteiger partial charge in [0.2, 0.25) is 0 Å². The first kappa shape index (κ1) is 14.5. The Labute approximate surface area is 121 Å². The molecule has 0 aromatic heterocycles. The largest absolute Gasteiger partial charge is 0.348 e. The van der Waals surface area contributed by atoms with E-state index in [2.05, 4.69) is 21.2 Å². The van der Waals surface area contributed by atoms with E-state index >= 15 is 0 Å². The highest BCUT2D eigenvalue weighted by Crippen LogP contribution is 2.23. The predicted molar refractivity (Wildman–Crippen MR) is 78.1 cm³/mol. The van der Waals surface area contributed by atoms with Crippen molar-refractivity contribution in [2.75, 3.05) is 11.5 Å². The van der Waals surface area contributed by atoms with Gasteiger partial charge < -0.3 is 5.32 Å². The Morgan fingerprint density at radius 3 is 2.63 bits per heavy atom. The van der Waals surface area contributed by atoms with Crippen LogP contribution in [0.4, 0.5) is 0 Å². The lowest BCUT2D eigenvalue weighted by molar-refractivity contribution is 0.0940. The SMILES string of the molecule is Cc1cc(C)c(Br)c(C(=O)N[C@H]2CCS(=O)(=O)C2)c1. The van der Waals surface area contributed by atoms with E-state index in [0.717, 1.165) is 15.6 Å². The molecule has 0 unspecified atom stereocenters. The van der Waals surface area contributed by atoms with Crippen LogP contribution in [0.15, 0.2) is 16.6 Å². The molecule has 1 saturated heterocycles. The fraction of sp³-hybridized carbons (Fsp3) is 0.462. The smallest absolute Gasteiger partial charge is 0.252 e. The van der Waals surface area contributed by atoms with Crippen LogP contribution < -0.4 is 5.32 Å². The summed E-state index contributed by atoms with van der Waals surface area (Å²) in [6, 6.07) is 3.52. The summed E-state index contributed by atoms with van der Waals surface area (Å²) >= 11 is 3.41. The second-order valence-corrected chi connectivity index (χ2v) is 8.04. The van der Waals surface area contributed by atoms with Crippen molar-refractivity contribution in [2.45, 2.75) is 26.3 Å². The first-order chi connectivity index (χ1) is 8.78. The maximum atomic E-state index is 12.2. The van der Waals surface area contributed by atoms with E-state index in [1.54, 1.807) is 6.07 Å². The number of sulfone groups is 1. The van der Waals surface area contributed by atoms with E-state index in [4.69, 9.17) is 0 Å². The standard InChI is InChI=1S/C13H16BrNO3S/c1-8-5-9(2)12(14)11(6-8)13(16)15-10-3-4-19(17,18)7-10/h5-6,10H,3-4,7H2,1-2H3,(H,15,16)/t10-/m0/s1. The summed E-state index contributed by atoms with van der Waals surface area (Å²) in [4.78, 5) is 12.2. The second kappa shape index (κ2) is 5.25. The third-order valence-corrected chi connectivity index (χ3v) is 6.03. The van der Waals surface area contributed by atoms with E-state index in [-0.39, 0.29) is 23.5 Å². The van der Waals surface area contributed by atoms with Crippen LogP contribution in [0.2, 0.25) is 0 Å². The molecular weight excluding hydrogens is 330 g/mol. The van der Waals surface area contributed by atoms with E-state index in [1.807, 2.05) is 19.9 Å². The van der Waals surface area contributed by atoms with E-state index in [0.29, 0.717) is 12.0 Å². The lowest BCUT2D eigenvalue weighted by Crippen LogP contribution is -2.35. The average Bonchev–Trinajstić information content (AvgIpc) is 2.63. The van der Waals surface area contributed by atoms with Crippen LogP contribution in [0.3, 0.4) is 0 Å². The van der Waals surface area contributed by atoms with Gasteiger partial charge in [-0.05, 0) is 53.4 Å². The van der Waals surface area contributed by atoms with Gasteiger partial charge in [0.05, 0.1) is 17.1 Å². The van der Waals surface area contributed by atoms with Gasteiger partial charge in [0.15, 0.2) is 9.84 Å². The van der Waals surface area contributed by atoms with Crippen molar-refractivity contribution in [3.05, 3.63) is 33.3 Å². The first-order valence-corrected chi connectivity index (χ1v) is 8.68. The van der Waals surface area contributed by atoms with Crippen molar-refractivity contribution < 1.29 is 13.2 Å².